The summed E-state index contributed by atoms with van der Waals surface area (Å²) in [4.78, 5) is 17.6. The van der Waals surface area contributed by atoms with Crippen LogP contribution in [0.15, 0.2) is 77.7 Å². The van der Waals surface area contributed by atoms with Gasteiger partial charge in [-0.05, 0) is 42.9 Å². The third-order valence-corrected chi connectivity index (χ3v) is 6.66. The van der Waals surface area contributed by atoms with Crippen molar-refractivity contribution in [1.29, 1.82) is 0 Å². The van der Waals surface area contributed by atoms with Crippen molar-refractivity contribution in [3.63, 3.8) is 0 Å². The van der Waals surface area contributed by atoms with Crippen molar-refractivity contribution in [3.05, 3.63) is 95.6 Å². The molecule has 0 aliphatic carbocycles. The van der Waals surface area contributed by atoms with Crippen LogP contribution >= 0.6 is 0 Å². The molecular formula is C23H21FN4O3S. The summed E-state index contributed by atoms with van der Waals surface area (Å²) in [5.74, 6) is -1.02. The maximum absolute atomic E-state index is 14.5. The van der Waals surface area contributed by atoms with Gasteiger partial charge in [-0.15, -0.1) is 0 Å². The number of imidazole rings is 1. The Hall–Kier alpha value is -3.56. The minimum Gasteiger partial charge on any atom is -0.338 e. The second-order valence-electron chi connectivity index (χ2n) is 7.18. The molecule has 1 unspecified atom stereocenters. The molecule has 1 amide bonds. The Balaban J connectivity index is 1.78. The normalized spacial score (nSPS) is 12.6. The number of halogens is 1. The lowest BCUT2D eigenvalue weighted by Crippen LogP contribution is -2.32. The summed E-state index contributed by atoms with van der Waals surface area (Å²) in [7, 11) is -0.755. The van der Waals surface area contributed by atoms with Crippen molar-refractivity contribution in [3.8, 4) is 0 Å². The number of amides is 1. The molecule has 9 heteroatoms. The van der Waals surface area contributed by atoms with E-state index in [1.54, 1.807) is 0 Å². The fraction of sp³-hybridized carbons (Fsp3) is 0.130. The molecule has 0 fully saturated rings. The number of rotatable bonds is 6. The molecule has 32 heavy (non-hydrogen) atoms. The molecule has 7 nitrogen and oxygen atoms in total. The third kappa shape index (κ3) is 4.00. The van der Waals surface area contributed by atoms with Crippen LogP contribution in [0.2, 0.25) is 0 Å². The molecule has 164 valence electrons. The number of hydrogen-bond donors (Lipinski definition) is 2. The van der Waals surface area contributed by atoms with E-state index in [1.165, 1.54) is 7.05 Å². The molecule has 1 heterocycles. The lowest BCUT2D eigenvalue weighted by molar-refractivity contribution is 0.0937. The maximum Gasteiger partial charge on any atom is 0.255 e. The number of fused-ring (bicyclic) bond motifs is 1. The molecule has 1 aromatic heterocycles. The van der Waals surface area contributed by atoms with Gasteiger partial charge in [0.05, 0.1) is 21.5 Å². The SMILES string of the molecule is CNS(=O)(=O)c1ccc(F)c(C(=O)NC(c2ccccc2)c2nc3ccccc3n2C)c1. The lowest BCUT2D eigenvalue weighted by Gasteiger charge is -2.20. The number of hydrogen-bond acceptors (Lipinski definition) is 4. The monoisotopic (exact) mass is 452 g/mol. The molecule has 2 N–H and O–H groups in total. The van der Waals surface area contributed by atoms with E-state index in [0.717, 1.165) is 34.8 Å². The highest BCUT2D eigenvalue weighted by Crippen LogP contribution is 2.26. The van der Waals surface area contributed by atoms with Gasteiger partial charge in [-0.25, -0.2) is 22.5 Å². The molecule has 0 aliphatic rings. The molecule has 4 rings (SSSR count). The van der Waals surface area contributed by atoms with E-state index in [4.69, 9.17) is 0 Å². The Morgan fingerprint density at radius 2 is 1.72 bits per heavy atom. The van der Waals surface area contributed by atoms with Crippen molar-refractivity contribution < 1.29 is 17.6 Å². The van der Waals surface area contributed by atoms with Crippen molar-refractivity contribution in [2.45, 2.75) is 10.9 Å². The summed E-state index contributed by atoms with van der Waals surface area (Å²) in [6, 6.07) is 19.1. The third-order valence-electron chi connectivity index (χ3n) is 5.25. The van der Waals surface area contributed by atoms with Crippen LogP contribution in [-0.2, 0) is 17.1 Å². The first kappa shape index (κ1) is 21.7. The van der Waals surface area contributed by atoms with Crippen molar-refractivity contribution in [2.75, 3.05) is 7.05 Å². The van der Waals surface area contributed by atoms with Gasteiger partial charge < -0.3 is 9.88 Å². The van der Waals surface area contributed by atoms with Crippen molar-refractivity contribution in [1.82, 2.24) is 19.6 Å². The van der Waals surface area contributed by atoms with Gasteiger partial charge in [0.25, 0.3) is 5.91 Å². The molecule has 0 saturated heterocycles. The quantitative estimate of drug-likeness (QED) is 0.470. The van der Waals surface area contributed by atoms with E-state index in [0.29, 0.717) is 5.82 Å². The Bertz CT molecular complexity index is 1400. The number of para-hydroxylation sites is 2. The minimum atomic E-state index is -3.84. The number of aryl methyl sites for hydroxylation is 1. The number of aromatic nitrogens is 2. The van der Waals surface area contributed by atoms with E-state index >= 15 is 0 Å². The molecule has 0 aliphatic heterocycles. The van der Waals surface area contributed by atoms with Crippen molar-refractivity contribution in [2.24, 2.45) is 7.05 Å². The van der Waals surface area contributed by atoms with Gasteiger partial charge in [0, 0.05) is 7.05 Å². The molecular weight excluding hydrogens is 431 g/mol. The largest absolute Gasteiger partial charge is 0.338 e. The topological polar surface area (TPSA) is 93.1 Å². The number of carbonyl (C=O) groups excluding carboxylic acids is 1. The summed E-state index contributed by atoms with van der Waals surface area (Å²) >= 11 is 0. The predicted octanol–water partition coefficient (Wildman–Crippen LogP) is 3.14. The minimum absolute atomic E-state index is 0.203. The van der Waals surface area contributed by atoms with Crippen LogP contribution in [0.4, 0.5) is 4.39 Å². The van der Waals surface area contributed by atoms with Crippen LogP contribution in [-0.4, -0.2) is 30.9 Å². The first-order valence-electron chi connectivity index (χ1n) is 9.82. The van der Waals surface area contributed by atoms with Crippen LogP contribution in [0.5, 0.6) is 0 Å². The van der Waals surface area contributed by atoms with Gasteiger partial charge in [0.1, 0.15) is 17.7 Å². The average molecular weight is 453 g/mol. The number of sulfonamides is 1. The molecule has 0 radical (unpaired) electrons. The molecule has 0 spiro atoms. The summed E-state index contributed by atoms with van der Waals surface area (Å²) in [5.41, 5.74) is 2.01. The van der Waals surface area contributed by atoms with Gasteiger partial charge in [0.15, 0.2) is 0 Å². The zero-order valence-electron chi connectivity index (χ0n) is 17.4. The highest BCUT2D eigenvalue weighted by Gasteiger charge is 2.25. The van der Waals surface area contributed by atoms with Gasteiger partial charge in [-0.2, -0.15) is 0 Å². The van der Waals surface area contributed by atoms with Crippen LogP contribution in [0.1, 0.15) is 27.8 Å². The van der Waals surface area contributed by atoms with Crippen LogP contribution in [0.25, 0.3) is 11.0 Å². The van der Waals surface area contributed by atoms with Gasteiger partial charge in [-0.3, -0.25) is 4.79 Å². The van der Waals surface area contributed by atoms with E-state index in [9.17, 15) is 17.6 Å². The van der Waals surface area contributed by atoms with E-state index < -0.39 is 27.8 Å². The Morgan fingerprint density at radius 3 is 2.41 bits per heavy atom. The fourth-order valence-electron chi connectivity index (χ4n) is 3.54. The molecule has 3 aromatic carbocycles. The number of nitrogens with zero attached hydrogens (tertiary/aromatic N) is 2. The second-order valence-corrected chi connectivity index (χ2v) is 9.07. The standard InChI is InChI=1S/C23H21FN4O3S/c1-25-32(30,31)16-12-13-18(24)17(14-16)23(29)27-21(15-8-4-3-5-9-15)22-26-19-10-6-7-11-20(19)28(22)2/h3-14,21,25H,1-2H3,(H,27,29). The average Bonchev–Trinajstić information content (AvgIpc) is 3.14. The number of nitrogens with one attached hydrogen (secondary N) is 2. The zero-order chi connectivity index (χ0) is 22.9. The highest BCUT2D eigenvalue weighted by atomic mass is 32.2. The van der Waals surface area contributed by atoms with E-state index in [-0.39, 0.29) is 10.5 Å². The summed E-state index contributed by atoms with van der Waals surface area (Å²) in [6.45, 7) is 0. The number of carbonyl (C=O) groups is 1. The predicted molar refractivity (Wildman–Crippen MR) is 119 cm³/mol. The maximum atomic E-state index is 14.5. The molecule has 0 saturated carbocycles. The first-order chi connectivity index (χ1) is 15.3. The van der Waals surface area contributed by atoms with Gasteiger partial charge >= 0.3 is 0 Å². The zero-order valence-corrected chi connectivity index (χ0v) is 18.2. The fourth-order valence-corrected chi connectivity index (χ4v) is 4.29. The van der Waals surface area contributed by atoms with Gasteiger partial charge in [-0.1, -0.05) is 42.5 Å². The highest BCUT2D eigenvalue weighted by molar-refractivity contribution is 7.89. The van der Waals surface area contributed by atoms with Crippen LogP contribution in [0, 0.1) is 5.82 Å². The Labute approximate surface area is 185 Å². The van der Waals surface area contributed by atoms with Crippen molar-refractivity contribution >= 4 is 27.0 Å². The summed E-state index contributed by atoms with van der Waals surface area (Å²) in [6.07, 6.45) is 0. The second kappa shape index (κ2) is 8.52. The summed E-state index contributed by atoms with van der Waals surface area (Å²) in [5, 5.41) is 2.83. The number of benzene rings is 3. The lowest BCUT2D eigenvalue weighted by atomic mass is 10.1. The summed E-state index contributed by atoms with van der Waals surface area (Å²) < 4.78 is 42.8. The smallest absolute Gasteiger partial charge is 0.255 e. The molecule has 0 bridgehead atoms. The van der Waals surface area contributed by atoms with Crippen LogP contribution < -0.4 is 10.0 Å². The molecule has 1 atom stereocenters. The Kier molecular flexibility index (Phi) is 5.77. The Morgan fingerprint density at radius 1 is 1.03 bits per heavy atom. The first-order valence-corrected chi connectivity index (χ1v) is 11.3. The van der Waals surface area contributed by atoms with Crippen LogP contribution in [0.3, 0.4) is 0 Å². The molecule has 4 aromatic rings. The van der Waals surface area contributed by atoms with E-state index in [1.807, 2.05) is 66.2 Å². The van der Waals surface area contributed by atoms with Gasteiger partial charge in [0.2, 0.25) is 10.0 Å². The van der Waals surface area contributed by atoms with E-state index in [2.05, 4.69) is 15.0 Å².